The molecule has 0 spiro atoms. The zero-order valence-corrected chi connectivity index (χ0v) is 28.1. The molecule has 0 bridgehead atoms. The van der Waals surface area contributed by atoms with Gasteiger partial charge in [-0.05, 0) is 87.9 Å². The van der Waals surface area contributed by atoms with Crippen molar-refractivity contribution >= 4 is 49.9 Å². The highest BCUT2D eigenvalue weighted by Crippen LogP contribution is 2.32. The Hall–Kier alpha value is -0.0700. The summed E-state index contributed by atoms with van der Waals surface area (Å²) in [6.45, 7) is 3.24. The first-order chi connectivity index (χ1) is 18.9. The van der Waals surface area contributed by atoms with Crippen molar-refractivity contribution in [3.05, 3.63) is 0 Å². The van der Waals surface area contributed by atoms with E-state index in [1.54, 1.807) is 8.61 Å². The second-order valence-corrected chi connectivity index (χ2v) is 20.5. The number of aliphatic hydroxyl groups excluding tert-OH is 1. The number of rotatable bonds is 8. The molecule has 2 aliphatic carbocycles. The summed E-state index contributed by atoms with van der Waals surface area (Å²) >= 11 is 0. The highest BCUT2D eigenvalue weighted by Gasteiger charge is 2.33. The van der Waals surface area contributed by atoms with E-state index in [-0.39, 0.29) is 24.9 Å². The quantitative estimate of drug-likeness (QED) is 0.293. The van der Waals surface area contributed by atoms with Crippen LogP contribution >= 0.6 is 10.7 Å². The second-order valence-electron chi connectivity index (χ2n) is 11.7. The molecule has 0 atom stereocenters. The van der Waals surface area contributed by atoms with Crippen LogP contribution in [-0.4, -0.2) is 111 Å². The van der Waals surface area contributed by atoms with Crippen molar-refractivity contribution in [2.75, 3.05) is 63.4 Å². The monoisotopic (exact) mass is 686 g/mol. The minimum Gasteiger partial charge on any atom is -0.396 e. The van der Waals surface area contributed by atoms with Crippen molar-refractivity contribution in [3.63, 3.8) is 0 Å². The van der Waals surface area contributed by atoms with E-state index in [0.29, 0.717) is 49.7 Å². The molecule has 0 radical (unpaired) electrons. The van der Waals surface area contributed by atoms with Gasteiger partial charge in [-0.2, -0.15) is 8.42 Å². The summed E-state index contributed by atoms with van der Waals surface area (Å²) < 4.78 is 95.6. The Kier molecular flexibility index (Phi) is 14.8. The smallest absolute Gasteiger partial charge is 0.264 e. The van der Waals surface area contributed by atoms with Gasteiger partial charge in [0.2, 0.25) is 29.1 Å². The van der Waals surface area contributed by atoms with Crippen LogP contribution in [0.4, 0.5) is 0 Å². The topological polar surface area (TPSA) is 172 Å². The first-order valence-corrected chi connectivity index (χ1v) is 21.9. The number of halogens is 1. The van der Waals surface area contributed by atoms with E-state index in [0.717, 1.165) is 76.7 Å². The van der Waals surface area contributed by atoms with Crippen LogP contribution in [0.25, 0.3) is 0 Å². The van der Waals surface area contributed by atoms with Crippen molar-refractivity contribution in [1.82, 2.24) is 8.61 Å². The third kappa shape index (κ3) is 15.0. The molecule has 4 fully saturated rings. The molecule has 17 heteroatoms. The van der Waals surface area contributed by atoms with Crippen molar-refractivity contribution in [3.8, 4) is 0 Å². The maximum Gasteiger partial charge on any atom is 0.264 e. The summed E-state index contributed by atoms with van der Waals surface area (Å²) in [5, 5.41) is 9.04. The van der Waals surface area contributed by atoms with Crippen molar-refractivity contribution in [2.45, 2.75) is 64.2 Å². The Morgan fingerprint density at radius 3 is 1.34 bits per heavy atom. The predicted octanol–water partition coefficient (Wildman–Crippen LogP) is 1.81. The van der Waals surface area contributed by atoms with Gasteiger partial charge >= 0.3 is 0 Å². The molecule has 244 valence electrons. The molecule has 0 amide bonds. The van der Waals surface area contributed by atoms with E-state index in [1.165, 1.54) is 0 Å². The largest absolute Gasteiger partial charge is 0.396 e. The van der Waals surface area contributed by atoms with Gasteiger partial charge in [0.05, 0.1) is 30.6 Å². The van der Waals surface area contributed by atoms with E-state index in [1.807, 2.05) is 0 Å². The standard InChI is InChI=1S/C12H23NO5S2.C11H21NO3S.CH3ClO2S/c1-19(14,15)18-10-12-5-3-11(4-6-12)9-13-7-2-8-20(13,16)17;13-9-11-4-2-10(3-5-11)8-12-6-1-7-16(12,14)15;1-5(2,3)4/h11-12H,2-10H2,1H3;10-11,13H,1-9H2;1H3. The molecule has 2 saturated carbocycles. The average molecular weight is 687 g/mol. The van der Waals surface area contributed by atoms with E-state index in [4.69, 9.17) is 9.29 Å². The molecule has 0 aromatic heterocycles. The van der Waals surface area contributed by atoms with Gasteiger partial charge in [0.15, 0.2) is 0 Å². The summed E-state index contributed by atoms with van der Waals surface area (Å²) in [7, 11) is -7.97. The van der Waals surface area contributed by atoms with Gasteiger partial charge in [-0.3, -0.25) is 4.18 Å². The Labute approximate surface area is 251 Å². The van der Waals surface area contributed by atoms with Crippen LogP contribution in [0, 0.1) is 23.7 Å². The Morgan fingerprint density at radius 2 is 1.05 bits per heavy atom. The zero-order valence-electron chi connectivity index (χ0n) is 24.1. The third-order valence-electron chi connectivity index (χ3n) is 8.04. The highest BCUT2D eigenvalue weighted by atomic mass is 35.7. The summed E-state index contributed by atoms with van der Waals surface area (Å²) in [5.74, 6) is 2.25. The van der Waals surface area contributed by atoms with Crippen molar-refractivity contribution < 1.29 is 43.0 Å². The van der Waals surface area contributed by atoms with Gasteiger partial charge in [0.25, 0.3) is 10.1 Å². The van der Waals surface area contributed by atoms with Crippen molar-refractivity contribution in [2.24, 2.45) is 23.7 Å². The fourth-order valence-electron chi connectivity index (χ4n) is 5.77. The molecule has 0 aromatic carbocycles. The number of nitrogens with zero attached hydrogens (tertiary/aromatic N) is 2. The van der Waals surface area contributed by atoms with E-state index in [9.17, 15) is 33.7 Å². The SMILES string of the molecule is CS(=O)(=O)Cl.CS(=O)(=O)OCC1CCC(CN2CCCS2(=O)=O)CC1.O=S1(=O)CCCN1CC1CCC(CO)CC1. The summed E-state index contributed by atoms with van der Waals surface area (Å²) in [4.78, 5) is 0. The molecule has 0 aromatic rings. The van der Waals surface area contributed by atoms with Crippen LogP contribution < -0.4 is 0 Å². The van der Waals surface area contributed by atoms with Gasteiger partial charge in [-0.25, -0.2) is 33.9 Å². The fourth-order valence-corrected chi connectivity index (χ4v) is 9.40. The fraction of sp³-hybridized carbons (Fsp3) is 1.00. The van der Waals surface area contributed by atoms with Crippen LogP contribution in [0.2, 0.25) is 0 Å². The molecule has 2 heterocycles. The van der Waals surface area contributed by atoms with Gasteiger partial charge in [-0.1, -0.05) is 0 Å². The van der Waals surface area contributed by atoms with Crippen LogP contribution in [0.15, 0.2) is 0 Å². The highest BCUT2D eigenvalue weighted by molar-refractivity contribution is 8.13. The molecular weight excluding hydrogens is 640 g/mol. The molecule has 4 rings (SSSR count). The molecule has 2 saturated heterocycles. The molecule has 2 aliphatic heterocycles. The van der Waals surface area contributed by atoms with Gasteiger partial charge in [0.1, 0.15) is 0 Å². The lowest BCUT2D eigenvalue weighted by Crippen LogP contribution is -2.33. The van der Waals surface area contributed by atoms with Crippen LogP contribution in [0.5, 0.6) is 0 Å². The van der Waals surface area contributed by atoms with Crippen molar-refractivity contribution in [1.29, 1.82) is 0 Å². The molecule has 4 aliphatic rings. The first kappa shape index (κ1) is 37.1. The normalized spacial score (nSPS) is 30.5. The summed E-state index contributed by atoms with van der Waals surface area (Å²) in [6, 6.07) is 0. The lowest BCUT2D eigenvalue weighted by atomic mass is 9.82. The van der Waals surface area contributed by atoms with E-state index in [2.05, 4.69) is 10.7 Å². The minimum absolute atomic E-state index is 0.258. The maximum atomic E-state index is 11.8. The maximum absolute atomic E-state index is 11.8. The third-order valence-corrected chi connectivity index (χ3v) is 12.4. The number of aliphatic hydroxyl groups is 1. The molecule has 1 N–H and O–H groups in total. The lowest BCUT2D eigenvalue weighted by molar-refractivity contribution is 0.159. The average Bonchev–Trinajstić information content (AvgIpc) is 3.37. The summed E-state index contributed by atoms with van der Waals surface area (Å²) in [6.07, 6.45) is 11.5. The van der Waals surface area contributed by atoms with Gasteiger partial charge in [-0.15, -0.1) is 0 Å². The molecule has 12 nitrogen and oxygen atoms in total. The lowest BCUT2D eigenvalue weighted by Gasteiger charge is -2.30. The van der Waals surface area contributed by atoms with E-state index < -0.39 is 39.2 Å². The molecule has 0 unspecified atom stereocenters. The van der Waals surface area contributed by atoms with Crippen LogP contribution in [0.1, 0.15) is 64.2 Å². The van der Waals surface area contributed by atoms with Crippen LogP contribution in [0.3, 0.4) is 0 Å². The number of hydrogen-bond donors (Lipinski definition) is 1. The Bertz CT molecular complexity index is 1220. The van der Waals surface area contributed by atoms with E-state index >= 15 is 0 Å². The number of hydrogen-bond acceptors (Lipinski definition) is 10. The molecule has 41 heavy (non-hydrogen) atoms. The van der Waals surface area contributed by atoms with Crippen LogP contribution in [-0.2, 0) is 43.4 Å². The molecular formula is C24H47ClN2O10S4. The Morgan fingerprint density at radius 1 is 0.707 bits per heavy atom. The first-order valence-electron chi connectivity index (χ1n) is 14.2. The summed E-state index contributed by atoms with van der Waals surface area (Å²) in [5.41, 5.74) is 0. The Balaban J connectivity index is 0.000000251. The number of sulfonamides is 2. The van der Waals surface area contributed by atoms with Gasteiger partial charge < -0.3 is 5.11 Å². The predicted molar refractivity (Wildman–Crippen MR) is 159 cm³/mol. The van der Waals surface area contributed by atoms with Gasteiger partial charge in [0, 0.05) is 43.5 Å². The minimum atomic E-state index is -3.36. The second kappa shape index (κ2) is 16.3. The zero-order chi connectivity index (χ0) is 30.9.